The summed E-state index contributed by atoms with van der Waals surface area (Å²) in [5.74, 6) is -0.591. The fraction of sp³-hybridized carbons (Fsp3) is 0.417. The van der Waals surface area contributed by atoms with Crippen LogP contribution in [0.1, 0.15) is 11.1 Å². The molecule has 8 heteroatoms. The van der Waals surface area contributed by atoms with Gasteiger partial charge in [0.05, 0.1) is 13.3 Å². The zero-order chi connectivity index (χ0) is 15.3. The van der Waals surface area contributed by atoms with E-state index in [1.807, 2.05) is 0 Å². The third-order valence-electron chi connectivity index (χ3n) is 2.84. The molecule has 5 N–H and O–H groups in total. The number of carboxylic acids is 1. The molecule has 0 aliphatic heterocycles. The first-order valence-corrected chi connectivity index (χ1v) is 7.71. The Bertz CT molecular complexity index is 527. The van der Waals surface area contributed by atoms with Gasteiger partial charge in [0, 0.05) is 0 Å². The number of aliphatic carboxylic acids is 1. The monoisotopic (exact) mass is 303 g/mol. The van der Waals surface area contributed by atoms with E-state index in [0.29, 0.717) is 16.9 Å². The quantitative estimate of drug-likeness (QED) is 0.535. The second-order valence-electron chi connectivity index (χ2n) is 4.42. The number of aryl methyl sites for hydroxylation is 1. The first-order chi connectivity index (χ1) is 9.23. The third-order valence-corrected chi connectivity index (χ3v) is 3.65. The van der Waals surface area contributed by atoms with Gasteiger partial charge in [-0.2, -0.15) is 0 Å². The van der Waals surface area contributed by atoms with Gasteiger partial charge < -0.3 is 25.4 Å². The minimum atomic E-state index is -4.10. The smallest absolute Gasteiger partial charge is 0.325 e. The van der Waals surface area contributed by atoms with E-state index < -0.39 is 19.6 Å². The summed E-state index contributed by atoms with van der Waals surface area (Å²) >= 11 is 0. The van der Waals surface area contributed by atoms with Crippen molar-refractivity contribution in [1.82, 2.24) is 0 Å². The maximum absolute atomic E-state index is 10.9. The van der Waals surface area contributed by atoms with Crippen molar-refractivity contribution in [3.05, 3.63) is 29.3 Å². The van der Waals surface area contributed by atoms with Crippen LogP contribution in [0, 0.1) is 0 Å². The Morgan fingerprint density at radius 3 is 2.55 bits per heavy atom. The molecule has 1 aromatic carbocycles. The lowest BCUT2D eigenvalue weighted by Gasteiger charge is -2.14. The Kier molecular flexibility index (Phi) is 5.71. The number of rotatable bonds is 7. The predicted molar refractivity (Wildman–Crippen MR) is 72.9 cm³/mol. The lowest BCUT2D eigenvalue weighted by molar-refractivity contribution is -0.138. The number of benzene rings is 1. The van der Waals surface area contributed by atoms with Crippen LogP contribution in [0.2, 0.25) is 0 Å². The second-order valence-corrected chi connectivity index (χ2v) is 6.20. The normalized spacial score (nSPS) is 13.0. The van der Waals surface area contributed by atoms with Gasteiger partial charge in [-0.05, 0) is 36.1 Å². The standard InChI is InChI=1S/C12H18NO6P/c1-19-10-3-2-8(4-5-20(16,17)18)9(6-10)7-11(13)12(14)15/h2-3,6,11H,4-5,7,13H2,1H3,(H,14,15)(H2,16,17,18)/t11-/m0/s1. The maximum Gasteiger partial charge on any atom is 0.325 e. The summed E-state index contributed by atoms with van der Waals surface area (Å²) in [5.41, 5.74) is 6.77. The second kappa shape index (κ2) is 6.85. The van der Waals surface area contributed by atoms with Crippen LogP contribution in [-0.2, 0) is 22.2 Å². The van der Waals surface area contributed by atoms with Gasteiger partial charge in [-0.25, -0.2) is 0 Å². The summed E-state index contributed by atoms with van der Waals surface area (Å²) in [6.07, 6.45) is -0.0758. The van der Waals surface area contributed by atoms with Crippen molar-refractivity contribution in [3.63, 3.8) is 0 Å². The van der Waals surface area contributed by atoms with Crippen LogP contribution in [0.5, 0.6) is 5.75 Å². The minimum absolute atomic E-state index is 0.0724. The molecule has 0 saturated carbocycles. The molecule has 0 fully saturated rings. The number of carboxylic acid groups (broad SMARTS) is 1. The molecule has 1 rings (SSSR count). The van der Waals surface area contributed by atoms with Crippen molar-refractivity contribution >= 4 is 13.6 Å². The van der Waals surface area contributed by atoms with E-state index in [1.165, 1.54) is 7.11 Å². The number of hydrogen-bond donors (Lipinski definition) is 4. The van der Waals surface area contributed by atoms with Gasteiger partial charge in [-0.3, -0.25) is 9.36 Å². The van der Waals surface area contributed by atoms with Crippen molar-refractivity contribution in [2.75, 3.05) is 13.3 Å². The van der Waals surface area contributed by atoms with Crippen molar-refractivity contribution < 1.29 is 29.0 Å². The Hall–Kier alpha value is -1.40. The molecule has 1 atom stereocenters. The van der Waals surface area contributed by atoms with Crippen LogP contribution in [0.3, 0.4) is 0 Å². The average molecular weight is 303 g/mol. The summed E-state index contributed by atoms with van der Waals surface area (Å²) in [6.45, 7) is 0. The van der Waals surface area contributed by atoms with Gasteiger partial charge in [-0.15, -0.1) is 0 Å². The summed E-state index contributed by atoms with van der Waals surface area (Å²) in [6, 6.07) is 3.89. The molecule has 0 unspecified atom stereocenters. The Morgan fingerprint density at radius 2 is 2.05 bits per heavy atom. The van der Waals surface area contributed by atoms with Gasteiger partial charge in [0.2, 0.25) is 0 Å². The summed E-state index contributed by atoms with van der Waals surface area (Å²) < 4.78 is 16.0. The van der Waals surface area contributed by atoms with Gasteiger partial charge in [0.15, 0.2) is 0 Å². The van der Waals surface area contributed by atoms with Gasteiger partial charge in [0.25, 0.3) is 0 Å². The van der Waals surface area contributed by atoms with Gasteiger partial charge >= 0.3 is 13.6 Å². The molecular formula is C12H18NO6P. The molecule has 7 nitrogen and oxygen atoms in total. The molecule has 0 bridgehead atoms. The van der Waals surface area contributed by atoms with E-state index >= 15 is 0 Å². The van der Waals surface area contributed by atoms with E-state index in [2.05, 4.69) is 0 Å². The number of carbonyl (C=O) groups is 1. The number of nitrogens with two attached hydrogens (primary N) is 1. The van der Waals surface area contributed by atoms with E-state index in [4.69, 9.17) is 25.4 Å². The van der Waals surface area contributed by atoms with Crippen LogP contribution in [-0.4, -0.2) is 40.2 Å². The van der Waals surface area contributed by atoms with Crippen molar-refractivity contribution in [3.8, 4) is 5.75 Å². The lowest BCUT2D eigenvalue weighted by atomic mass is 9.98. The molecule has 0 aromatic heterocycles. The molecule has 0 aliphatic carbocycles. The summed E-state index contributed by atoms with van der Waals surface area (Å²) in [7, 11) is -2.62. The van der Waals surface area contributed by atoms with Crippen molar-refractivity contribution in [1.29, 1.82) is 0 Å². The van der Waals surface area contributed by atoms with Crippen LogP contribution in [0.4, 0.5) is 0 Å². The molecule has 0 radical (unpaired) electrons. The van der Waals surface area contributed by atoms with Crippen molar-refractivity contribution in [2.45, 2.75) is 18.9 Å². The number of methoxy groups -OCH3 is 1. The Labute approximate surface area is 116 Å². The first kappa shape index (κ1) is 16.7. The fourth-order valence-corrected chi connectivity index (χ4v) is 2.29. The maximum atomic E-state index is 10.9. The van der Waals surface area contributed by atoms with Gasteiger partial charge in [-0.1, -0.05) is 6.07 Å². The minimum Gasteiger partial charge on any atom is -0.497 e. The summed E-state index contributed by atoms with van der Waals surface area (Å²) in [5, 5.41) is 8.84. The predicted octanol–water partition coefficient (Wildman–Crippen LogP) is 0.370. The molecule has 0 spiro atoms. The molecule has 20 heavy (non-hydrogen) atoms. The van der Waals surface area contributed by atoms with Crippen molar-refractivity contribution in [2.24, 2.45) is 5.73 Å². The van der Waals surface area contributed by atoms with Crippen LogP contribution < -0.4 is 10.5 Å². The zero-order valence-electron chi connectivity index (χ0n) is 11.0. The fourth-order valence-electron chi connectivity index (χ4n) is 1.75. The highest BCUT2D eigenvalue weighted by molar-refractivity contribution is 7.51. The molecular weight excluding hydrogens is 285 g/mol. The number of ether oxygens (including phenoxy) is 1. The molecule has 0 aliphatic rings. The average Bonchev–Trinajstić information content (AvgIpc) is 2.35. The molecule has 0 amide bonds. The molecule has 0 saturated heterocycles. The summed E-state index contributed by atoms with van der Waals surface area (Å²) in [4.78, 5) is 28.6. The molecule has 1 aromatic rings. The van der Waals surface area contributed by atoms with Crippen LogP contribution in [0.25, 0.3) is 0 Å². The molecule has 0 heterocycles. The largest absolute Gasteiger partial charge is 0.497 e. The van der Waals surface area contributed by atoms with E-state index in [1.54, 1.807) is 18.2 Å². The SMILES string of the molecule is COc1ccc(CCP(=O)(O)O)c(C[C@H](N)C(=O)O)c1. The zero-order valence-corrected chi connectivity index (χ0v) is 11.9. The van der Waals surface area contributed by atoms with E-state index in [0.717, 1.165) is 0 Å². The Morgan fingerprint density at radius 1 is 1.40 bits per heavy atom. The van der Waals surface area contributed by atoms with E-state index in [9.17, 15) is 9.36 Å². The highest BCUT2D eigenvalue weighted by Crippen LogP contribution is 2.35. The topological polar surface area (TPSA) is 130 Å². The van der Waals surface area contributed by atoms with Gasteiger partial charge in [0.1, 0.15) is 11.8 Å². The van der Waals surface area contributed by atoms with E-state index in [-0.39, 0.29) is 19.0 Å². The van der Waals surface area contributed by atoms with Crippen LogP contribution in [0.15, 0.2) is 18.2 Å². The highest BCUT2D eigenvalue weighted by atomic mass is 31.2. The third kappa shape index (κ3) is 5.30. The lowest BCUT2D eigenvalue weighted by Crippen LogP contribution is -2.32. The molecule has 112 valence electrons. The number of hydrogen-bond acceptors (Lipinski definition) is 4. The first-order valence-electron chi connectivity index (χ1n) is 5.91. The van der Waals surface area contributed by atoms with Crippen LogP contribution >= 0.6 is 7.60 Å². The highest BCUT2D eigenvalue weighted by Gasteiger charge is 2.18. The Balaban J connectivity index is 2.97.